The van der Waals surface area contributed by atoms with Crippen molar-refractivity contribution in [3.63, 3.8) is 0 Å². The number of thioether (sulfide) groups is 1. The predicted molar refractivity (Wildman–Crippen MR) is 109 cm³/mol. The summed E-state index contributed by atoms with van der Waals surface area (Å²) in [5, 5.41) is 13.9. The number of carbonyl (C=O) groups is 2. The van der Waals surface area contributed by atoms with Gasteiger partial charge in [0.2, 0.25) is 5.91 Å². The van der Waals surface area contributed by atoms with Crippen molar-refractivity contribution in [3.8, 4) is 10.7 Å². The third kappa shape index (κ3) is 4.72. The number of carbonyl (C=O) groups excluding carboxylic acids is 2. The van der Waals surface area contributed by atoms with Crippen LogP contribution in [0, 0.1) is 0 Å². The number of allylic oxidation sites excluding steroid dienone is 1. The van der Waals surface area contributed by atoms with E-state index in [1.54, 1.807) is 41.7 Å². The number of hydrogen-bond donors (Lipinski definition) is 1. The number of aromatic nitrogens is 3. The van der Waals surface area contributed by atoms with Gasteiger partial charge >= 0.3 is 0 Å². The molecule has 0 radical (unpaired) electrons. The van der Waals surface area contributed by atoms with Gasteiger partial charge in [-0.15, -0.1) is 28.1 Å². The van der Waals surface area contributed by atoms with Crippen LogP contribution in [0.1, 0.15) is 17.3 Å². The first-order chi connectivity index (χ1) is 13.1. The Balaban J connectivity index is 1.68. The minimum Gasteiger partial charge on any atom is -0.325 e. The molecule has 1 N–H and O–H groups in total. The third-order valence-electron chi connectivity index (χ3n) is 3.66. The number of thiophene rings is 1. The number of anilines is 1. The molecule has 1 amide bonds. The van der Waals surface area contributed by atoms with Crippen LogP contribution in [0.5, 0.6) is 0 Å². The zero-order chi connectivity index (χ0) is 19.2. The predicted octanol–water partition coefficient (Wildman–Crippen LogP) is 4.13. The van der Waals surface area contributed by atoms with Crippen molar-refractivity contribution >= 4 is 40.5 Å². The van der Waals surface area contributed by atoms with Gasteiger partial charge < -0.3 is 5.32 Å². The smallest absolute Gasteiger partial charge is 0.234 e. The average Bonchev–Trinajstić information content (AvgIpc) is 3.30. The highest BCUT2D eigenvalue weighted by Crippen LogP contribution is 2.27. The van der Waals surface area contributed by atoms with E-state index in [9.17, 15) is 9.59 Å². The fourth-order valence-electron chi connectivity index (χ4n) is 2.42. The van der Waals surface area contributed by atoms with Crippen LogP contribution in [0.3, 0.4) is 0 Å². The molecule has 0 bridgehead atoms. The van der Waals surface area contributed by atoms with Gasteiger partial charge in [-0.3, -0.25) is 14.2 Å². The van der Waals surface area contributed by atoms with E-state index in [1.807, 2.05) is 22.1 Å². The topological polar surface area (TPSA) is 76.9 Å². The Morgan fingerprint density at radius 3 is 2.85 bits per heavy atom. The fraction of sp³-hybridized carbons (Fsp3) is 0.158. The van der Waals surface area contributed by atoms with Crippen molar-refractivity contribution in [2.24, 2.45) is 0 Å². The summed E-state index contributed by atoms with van der Waals surface area (Å²) in [7, 11) is 0. The first-order valence-corrected chi connectivity index (χ1v) is 10.1. The van der Waals surface area contributed by atoms with Crippen molar-refractivity contribution in [2.45, 2.75) is 18.6 Å². The molecule has 0 aliphatic rings. The number of rotatable bonds is 8. The second-order valence-corrected chi connectivity index (χ2v) is 7.55. The maximum Gasteiger partial charge on any atom is 0.234 e. The summed E-state index contributed by atoms with van der Waals surface area (Å²) in [6, 6.07) is 10.8. The summed E-state index contributed by atoms with van der Waals surface area (Å²) in [6.45, 7) is 5.84. The lowest BCUT2D eigenvalue weighted by Gasteiger charge is -2.08. The largest absolute Gasteiger partial charge is 0.325 e. The molecule has 0 fully saturated rings. The third-order valence-corrected chi connectivity index (χ3v) is 5.49. The van der Waals surface area contributed by atoms with E-state index in [2.05, 4.69) is 22.1 Å². The number of Topliss-reactive ketones (excluding diaryl/α,β-unsaturated/α-hetero) is 1. The number of nitrogens with one attached hydrogen (secondary N) is 1. The zero-order valence-corrected chi connectivity index (χ0v) is 16.3. The Labute approximate surface area is 165 Å². The lowest BCUT2D eigenvalue weighted by atomic mass is 10.1. The van der Waals surface area contributed by atoms with Crippen LogP contribution < -0.4 is 5.32 Å². The van der Waals surface area contributed by atoms with Crippen LogP contribution in [-0.2, 0) is 11.3 Å². The van der Waals surface area contributed by atoms with E-state index in [0.717, 1.165) is 10.7 Å². The molecule has 0 saturated carbocycles. The lowest BCUT2D eigenvalue weighted by molar-refractivity contribution is -0.113. The molecule has 0 spiro atoms. The van der Waals surface area contributed by atoms with E-state index in [4.69, 9.17) is 0 Å². The van der Waals surface area contributed by atoms with Crippen molar-refractivity contribution in [2.75, 3.05) is 11.1 Å². The molecular formula is C19H18N4O2S2. The standard InChI is InChI=1S/C19H18N4O2S2/c1-3-9-23-18(16-8-5-10-26-16)21-22-19(23)27-12-17(25)20-15-7-4-6-14(11-15)13(2)24/h3-8,10-11H,1,9,12H2,2H3,(H,20,25). The highest BCUT2D eigenvalue weighted by atomic mass is 32.2. The Hall–Kier alpha value is -2.71. The highest BCUT2D eigenvalue weighted by Gasteiger charge is 2.15. The summed E-state index contributed by atoms with van der Waals surface area (Å²) in [4.78, 5) is 24.7. The van der Waals surface area contributed by atoms with E-state index < -0.39 is 0 Å². The minimum absolute atomic E-state index is 0.0425. The van der Waals surface area contributed by atoms with Gasteiger partial charge in [-0.25, -0.2) is 0 Å². The van der Waals surface area contributed by atoms with Gasteiger partial charge in [-0.2, -0.15) is 0 Å². The van der Waals surface area contributed by atoms with Gasteiger partial charge in [0, 0.05) is 17.8 Å². The quantitative estimate of drug-likeness (QED) is 0.351. The molecule has 2 heterocycles. The van der Waals surface area contributed by atoms with Crippen molar-refractivity contribution in [1.82, 2.24) is 14.8 Å². The Morgan fingerprint density at radius 2 is 2.15 bits per heavy atom. The highest BCUT2D eigenvalue weighted by molar-refractivity contribution is 7.99. The van der Waals surface area contributed by atoms with E-state index in [1.165, 1.54) is 18.7 Å². The number of benzene rings is 1. The van der Waals surface area contributed by atoms with Crippen molar-refractivity contribution in [1.29, 1.82) is 0 Å². The molecule has 3 rings (SSSR count). The SMILES string of the molecule is C=CCn1c(SCC(=O)Nc2cccc(C(C)=O)c2)nnc1-c1cccs1. The molecule has 1 aromatic carbocycles. The van der Waals surface area contributed by atoms with E-state index in [0.29, 0.717) is 23.0 Å². The van der Waals surface area contributed by atoms with E-state index >= 15 is 0 Å². The lowest BCUT2D eigenvalue weighted by Crippen LogP contribution is -2.15. The molecule has 0 unspecified atom stereocenters. The van der Waals surface area contributed by atoms with Gasteiger partial charge in [0.05, 0.1) is 10.6 Å². The molecule has 27 heavy (non-hydrogen) atoms. The summed E-state index contributed by atoms with van der Waals surface area (Å²) in [6.07, 6.45) is 1.78. The molecule has 0 aliphatic carbocycles. The Bertz CT molecular complexity index is 964. The maximum atomic E-state index is 12.3. The van der Waals surface area contributed by atoms with Crippen LogP contribution in [-0.4, -0.2) is 32.2 Å². The first kappa shape index (κ1) is 19.1. The van der Waals surface area contributed by atoms with Gasteiger partial charge in [0.25, 0.3) is 0 Å². The second-order valence-electron chi connectivity index (χ2n) is 5.66. The summed E-state index contributed by atoms with van der Waals surface area (Å²) < 4.78 is 1.94. The average molecular weight is 399 g/mol. The number of hydrogen-bond acceptors (Lipinski definition) is 6. The molecule has 2 aromatic heterocycles. The van der Waals surface area contributed by atoms with Crippen LogP contribution in [0.2, 0.25) is 0 Å². The minimum atomic E-state index is -0.175. The summed E-state index contributed by atoms with van der Waals surface area (Å²) in [5.74, 6) is 0.733. The maximum absolute atomic E-state index is 12.3. The van der Waals surface area contributed by atoms with Crippen LogP contribution in [0.4, 0.5) is 5.69 Å². The zero-order valence-electron chi connectivity index (χ0n) is 14.7. The van der Waals surface area contributed by atoms with Crippen molar-refractivity contribution in [3.05, 3.63) is 60.0 Å². The van der Waals surface area contributed by atoms with Gasteiger partial charge in [-0.05, 0) is 30.5 Å². The molecule has 3 aromatic rings. The number of nitrogens with zero attached hydrogens (tertiary/aromatic N) is 3. The molecule has 0 aliphatic heterocycles. The van der Waals surface area contributed by atoms with Gasteiger partial charge in [0.15, 0.2) is 16.8 Å². The number of ketones is 1. The molecule has 8 heteroatoms. The summed E-state index contributed by atoms with van der Waals surface area (Å²) >= 11 is 2.90. The van der Waals surface area contributed by atoms with Crippen LogP contribution >= 0.6 is 23.1 Å². The van der Waals surface area contributed by atoms with Crippen molar-refractivity contribution < 1.29 is 9.59 Å². The molecule has 0 atom stereocenters. The van der Waals surface area contributed by atoms with E-state index in [-0.39, 0.29) is 17.4 Å². The molecule has 6 nitrogen and oxygen atoms in total. The monoisotopic (exact) mass is 398 g/mol. The Morgan fingerprint density at radius 1 is 1.30 bits per heavy atom. The molecule has 138 valence electrons. The first-order valence-electron chi connectivity index (χ1n) is 8.20. The van der Waals surface area contributed by atoms with Crippen LogP contribution in [0.15, 0.2) is 59.6 Å². The normalized spacial score (nSPS) is 10.6. The van der Waals surface area contributed by atoms with Gasteiger partial charge in [0.1, 0.15) is 0 Å². The Kier molecular flexibility index (Phi) is 6.20. The second kappa shape index (κ2) is 8.79. The van der Waals surface area contributed by atoms with Gasteiger partial charge in [-0.1, -0.05) is 36.0 Å². The molecular weight excluding hydrogens is 380 g/mol. The molecule has 0 saturated heterocycles. The fourth-order valence-corrected chi connectivity index (χ4v) is 3.89. The van der Waals surface area contributed by atoms with Crippen LogP contribution in [0.25, 0.3) is 10.7 Å². The summed E-state index contributed by atoms with van der Waals surface area (Å²) in [5.41, 5.74) is 1.16. The number of amides is 1.